The van der Waals surface area contributed by atoms with Gasteiger partial charge >= 0.3 is 0 Å². The number of ether oxygens (including phenoxy) is 1. The maximum Gasteiger partial charge on any atom is 0.0737 e. The van der Waals surface area contributed by atoms with Gasteiger partial charge in [0.2, 0.25) is 0 Å². The molecule has 0 radical (unpaired) electrons. The Balaban J connectivity index is 2.51. The van der Waals surface area contributed by atoms with Crippen LogP contribution in [0.15, 0.2) is 38.0 Å². The Morgan fingerprint density at radius 2 is 1.87 bits per heavy atom. The van der Waals surface area contributed by atoms with E-state index in [4.69, 9.17) is 4.74 Å². The quantitative estimate of drug-likeness (QED) is 0.620. The summed E-state index contributed by atoms with van der Waals surface area (Å²) in [6, 6.07) is 0.460. The summed E-state index contributed by atoms with van der Waals surface area (Å²) in [6.07, 6.45) is 8.03. The molecule has 1 fully saturated rings. The summed E-state index contributed by atoms with van der Waals surface area (Å²) in [5.74, 6) is 0. The van der Waals surface area contributed by atoms with Crippen LogP contribution in [-0.2, 0) is 4.74 Å². The van der Waals surface area contributed by atoms with Gasteiger partial charge in [-0.2, -0.15) is 0 Å². The zero-order valence-corrected chi connectivity index (χ0v) is 9.40. The predicted octanol–water partition coefficient (Wildman–Crippen LogP) is 2.39. The summed E-state index contributed by atoms with van der Waals surface area (Å²) in [4.78, 5) is 2.41. The Hall–Kier alpha value is -0.860. The standard InChI is InChI=1S/C13H21NO/c1-4-7-12-11-15-13(8-5-2)10-14(12)9-6-3/h4-6,12-13H,1-3,7-11H2. The average molecular weight is 207 g/mol. The Morgan fingerprint density at radius 1 is 1.13 bits per heavy atom. The minimum absolute atomic E-state index is 0.295. The monoisotopic (exact) mass is 207 g/mol. The SMILES string of the molecule is C=CCC1CN(CC=C)C(CC=C)CO1. The summed E-state index contributed by atoms with van der Waals surface area (Å²) in [5, 5.41) is 0. The van der Waals surface area contributed by atoms with Crippen molar-refractivity contribution >= 4 is 0 Å². The first-order valence-electron chi connectivity index (χ1n) is 5.50. The van der Waals surface area contributed by atoms with E-state index in [1.807, 2.05) is 18.2 Å². The average Bonchev–Trinajstić information content (AvgIpc) is 2.23. The number of rotatable bonds is 6. The summed E-state index contributed by atoms with van der Waals surface area (Å²) in [6.45, 7) is 14.0. The van der Waals surface area contributed by atoms with Gasteiger partial charge in [0.05, 0.1) is 12.7 Å². The Labute approximate surface area is 92.9 Å². The third kappa shape index (κ3) is 3.65. The third-order valence-corrected chi connectivity index (χ3v) is 2.71. The molecule has 1 rings (SSSR count). The number of hydrogen-bond acceptors (Lipinski definition) is 2. The molecule has 0 aromatic carbocycles. The van der Waals surface area contributed by atoms with Gasteiger partial charge in [0.15, 0.2) is 0 Å². The summed E-state index contributed by atoms with van der Waals surface area (Å²) < 4.78 is 5.77. The number of hydrogen-bond donors (Lipinski definition) is 0. The van der Waals surface area contributed by atoms with Gasteiger partial charge in [-0.1, -0.05) is 18.2 Å². The normalized spacial score (nSPS) is 27.2. The van der Waals surface area contributed by atoms with E-state index >= 15 is 0 Å². The predicted molar refractivity (Wildman–Crippen MR) is 64.9 cm³/mol. The van der Waals surface area contributed by atoms with Crippen LogP contribution in [0.2, 0.25) is 0 Å². The Kier molecular flexibility index (Phi) is 5.37. The molecule has 1 aliphatic rings. The van der Waals surface area contributed by atoms with Crippen LogP contribution < -0.4 is 0 Å². The zero-order chi connectivity index (χ0) is 11.1. The third-order valence-electron chi connectivity index (χ3n) is 2.71. The van der Waals surface area contributed by atoms with Crippen molar-refractivity contribution in [2.75, 3.05) is 19.7 Å². The smallest absolute Gasteiger partial charge is 0.0737 e. The molecule has 0 aliphatic carbocycles. The van der Waals surface area contributed by atoms with Crippen LogP contribution in [0.3, 0.4) is 0 Å². The van der Waals surface area contributed by atoms with Crippen molar-refractivity contribution in [3.63, 3.8) is 0 Å². The molecule has 2 heteroatoms. The molecule has 0 bridgehead atoms. The summed E-state index contributed by atoms with van der Waals surface area (Å²) >= 11 is 0. The van der Waals surface area contributed by atoms with E-state index in [-0.39, 0.29) is 0 Å². The second-order valence-corrected chi connectivity index (χ2v) is 3.90. The molecule has 84 valence electrons. The lowest BCUT2D eigenvalue weighted by Crippen LogP contribution is -2.49. The molecule has 15 heavy (non-hydrogen) atoms. The fourth-order valence-electron chi connectivity index (χ4n) is 1.94. The summed E-state index contributed by atoms with van der Waals surface area (Å²) in [7, 11) is 0. The lowest BCUT2D eigenvalue weighted by atomic mass is 10.1. The molecule has 2 unspecified atom stereocenters. The first-order chi connectivity index (χ1) is 7.31. The molecule has 1 saturated heterocycles. The van der Waals surface area contributed by atoms with Gasteiger partial charge < -0.3 is 4.74 Å². The van der Waals surface area contributed by atoms with Crippen molar-refractivity contribution in [3.8, 4) is 0 Å². The largest absolute Gasteiger partial charge is 0.375 e. The van der Waals surface area contributed by atoms with Gasteiger partial charge in [-0.3, -0.25) is 4.90 Å². The minimum atomic E-state index is 0.295. The van der Waals surface area contributed by atoms with Crippen LogP contribution in [-0.4, -0.2) is 36.7 Å². The zero-order valence-electron chi connectivity index (χ0n) is 9.40. The highest BCUT2D eigenvalue weighted by Gasteiger charge is 2.26. The second-order valence-electron chi connectivity index (χ2n) is 3.90. The molecule has 1 heterocycles. The van der Waals surface area contributed by atoms with Gasteiger partial charge in [0.1, 0.15) is 0 Å². The van der Waals surface area contributed by atoms with Gasteiger partial charge in [-0.25, -0.2) is 0 Å². The summed E-state index contributed by atoms with van der Waals surface area (Å²) in [5.41, 5.74) is 0. The topological polar surface area (TPSA) is 12.5 Å². The number of nitrogens with zero attached hydrogens (tertiary/aromatic N) is 1. The highest BCUT2D eigenvalue weighted by atomic mass is 16.5. The molecule has 2 atom stereocenters. The first kappa shape index (κ1) is 12.2. The van der Waals surface area contributed by atoms with Crippen molar-refractivity contribution in [2.24, 2.45) is 0 Å². The van der Waals surface area contributed by atoms with E-state index in [0.29, 0.717) is 12.1 Å². The van der Waals surface area contributed by atoms with Crippen molar-refractivity contribution in [1.82, 2.24) is 4.90 Å². The van der Waals surface area contributed by atoms with Crippen LogP contribution in [0.25, 0.3) is 0 Å². The molecule has 0 amide bonds. The van der Waals surface area contributed by atoms with E-state index in [1.54, 1.807) is 0 Å². The lowest BCUT2D eigenvalue weighted by molar-refractivity contribution is -0.0563. The second kappa shape index (κ2) is 6.59. The van der Waals surface area contributed by atoms with Crippen molar-refractivity contribution in [3.05, 3.63) is 38.0 Å². The number of morpholine rings is 1. The van der Waals surface area contributed by atoms with Crippen molar-refractivity contribution in [2.45, 2.75) is 25.0 Å². The molecular weight excluding hydrogens is 186 g/mol. The fraction of sp³-hybridized carbons (Fsp3) is 0.538. The molecule has 0 spiro atoms. The fourth-order valence-corrected chi connectivity index (χ4v) is 1.94. The van der Waals surface area contributed by atoms with E-state index in [2.05, 4.69) is 24.6 Å². The molecular formula is C13H21NO. The van der Waals surface area contributed by atoms with E-state index in [0.717, 1.165) is 32.5 Å². The van der Waals surface area contributed by atoms with E-state index in [1.165, 1.54) is 0 Å². The molecule has 0 N–H and O–H groups in total. The molecule has 0 aromatic rings. The highest BCUT2D eigenvalue weighted by Crippen LogP contribution is 2.16. The Morgan fingerprint density at radius 3 is 2.47 bits per heavy atom. The van der Waals surface area contributed by atoms with Crippen LogP contribution >= 0.6 is 0 Å². The maximum atomic E-state index is 5.77. The van der Waals surface area contributed by atoms with Gasteiger partial charge in [-0.15, -0.1) is 19.7 Å². The van der Waals surface area contributed by atoms with E-state index < -0.39 is 0 Å². The molecule has 1 aliphatic heterocycles. The maximum absolute atomic E-state index is 5.77. The van der Waals surface area contributed by atoms with Crippen LogP contribution in [0.4, 0.5) is 0 Å². The molecule has 0 saturated carbocycles. The van der Waals surface area contributed by atoms with Crippen LogP contribution in [0.5, 0.6) is 0 Å². The van der Waals surface area contributed by atoms with Crippen LogP contribution in [0.1, 0.15) is 12.8 Å². The van der Waals surface area contributed by atoms with Gasteiger partial charge in [-0.05, 0) is 12.8 Å². The highest BCUT2D eigenvalue weighted by molar-refractivity contribution is 4.90. The molecule has 2 nitrogen and oxygen atoms in total. The Bertz CT molecular complexity index is 225. The van der Waals surface area contributed by atoms with Crippen molar-refractivity contribution in [1.29, 1.82) is 0 Å². The lowest BCUT2D eigenvalue weighted by Gasteiger charge is -2.38. The minimum Gasteiger partial charge on any atom is -0.375 e. The molecule has 0 aromatic heterocycles. The van der Waals surface area contributed by atoms with Gasteiger partial charge in [0, 0.05) is 19.1 Å². The van der Waals surface area contributed by atoms with Crippen LogP contribution in [0, 0.1) is 0 Å². The van der Waals surface area contributed by atoms with E-state index in [9.17, 15) is 0 Å². The van der Waals surface area contributed by atoms with Crippen molar-refractivity contribution < 1.29 is 4.74 Å². The first-order valence-corrected chi connectivity index (χ1v) is 5.50. The van der Waals surface area contributed by atoms with Gasteiger partial charge in [0.25, 0.3) is 0 Å².